The van der Waals surface area contributed by atoms with Crippen molar-refractivity contribution in [3.8, 4) is 34.9 Å². The van der Waals surface area contributed by atoms with E-state index in [4.69, 9.17) is 29.5 Å². The van der Waals surface area contributed by atoms with Crippen molar-refractivity contribution in [2.24, 2.45) is 16.7 Å². The summed E-state index contributed by atoms with van der Waals surface area (Å²) in [4.78, 5) is 15.2. The summed E-state index contributed by atoms with van der Waals surface area (Å²) in [7, 11) is 2.24. The van der Waals surface area contributed by atoms with Crippen LogP contribution in [0.5, 0.6) is 0 Å². The highest BCUT2D eigenvalue weighted by Gasteiger charge is 2.47. The first-order valence-corrected chi connectivity index (χ1v) is 25.0. The number of terminal acetylenes is 1. The number of nitrogens with zero attached hydrogens (tertiary/aromatic N) is 6. The number of piperidine rings is 1. The molecule has 8 rings (SSSR count). The molecule has 1 saturated carbocycles. The van der Waals surface area contributed by atoms with Crippen LogP contribution in [0.1, 0.15) is 114 Å². The molecule has 3 aromatic heterocycles. The third-order valence-electron chi connectivity index (χ3n) is 14.7. The van der Waals surface area contributed by atoms with Crippen molar-refractivity contribution < 1.29 is 13.2 Å². The number of fused-ring (bicyclic) bond motifs is 1. The smallest absolute Gasteiger partial charge is 0.379 e. The molecule has 1 aromatic carbocycles. The zero-order valence-electron chi connectivity index (χ0n) is 39.5. The van der Waals surface area contributed by atoms with Crippen LogP contribution in [0.25, 0.3) is 33.4 Å². The molecule has 3 saturated heterocycles. The average molecular weight is 909 g/mol. The molecule has 4 fully saturated rings. The summed E-state index contributed by atoms with van der Waals surface area (Å²) >= 11 is 1.63. The fourth-order valence-electron chi connectivity index (χ4n) is 11.8. The van der Waals surface area contributed by atoms with Gasteiger partial charge in [-0.3, -0.25) is 9.88 Å². The number of alkyl halides is 3. The number of hydrogen-bond acceptors (Lipinski definition) is 8. The first-order chi connectivity index (χ1) is 31.0. The van der Waals surface area contributed by atoms with E-state index < -0.39 is 12.7 Å². The van der Waals surface area contributed by atoms with Crippen LogP contribution >= 0.6 is 11.3 Å². The average Bonchev–Trinajstić information content (AvgIpc) is 4.03. The van der Waals surface area contributed by atoms with E-state index >= 15 is 0 Å². The van der Waals surface area contributed by atoms with E-state index in [1.54, 1.807) is 17.5 Å². The first-order valence-electron chi connectivity index (χ1n) is 24.2. The lowest BCUT2D eigenvalue weighted by atomic mass is 9.72. The molecule has 4 aliphatic rings. The molecule has 2 unspecified atom stereocenters. The Morgan fingerprint density at radius 2 is 1.85 bits per heavy atom. The van der Waals surface area contributed by atoms with Crippen molar-refractivity contribution in [2.75, 3.05) is 46.3 Å². The summed E-state index contributed by atoms with van der Waals surface area (Å²) in [5.41, 5.74) is 11.0. The number of pyridine rings is 1. The van der Waals surface area contributed by atoms with Gasteiger partial charge in [0.15, 0.2) is 0 Å². The molecule has 8 nitrogen and oxygen atoms in total. The van der Waals surface area contributed by atoms with Gasteiger partial charge >= 0.3 is 6.18 Å². The Morgan fingerprint density at radius 3 is 2.54 bits per heavy atom. The fourth-order valence-corrected chi connectivity index (χ4v) is 12.6. The van der Waals surface area contributed by atoms with Crippen LogP contribution in [0.4, 0.5) is 13.2 Å². The normalized spacial score (nSPS) is 19.7. The SMILES string of the molecule is C#CCCC(C)(C)Cc1c(-c2cccnc2C(C)C)n(CC(F)(F)F)c2ccc(-c3csc(CC(NC(=C)C(C4CCCC4)N4CCCC5(CN(C)C5)C4)C(=C)N4CCCCN4)n3)cc12. The molecule has 0 amide bonds. The number of nitrogens with one attached hydrogen (secondary N) is 2. The van der Waals surface area contributed by atoms with Crippen LogP contribution in [0.2, 0.25) is 0 Å². The van der Waals surface area contributed by atoms with Crippen LogP contribution in [0.3, 0.4) is 0 Å². The van der Waals surface area contributed by atoms with Gasteiger partial charge in [-0.05, 0) is 112 Å². The summed E-state index contributed by atoms with van der Waals surface area (Å²) in [5.74, 6) is 3.37. The number of benzene rings is 1. The van der Waals surface area contributed by atoms with Crippen LogP contribution in [-0.2, 0) is 19.4 Å². The van der Waals surface area contributed by atoms with Crippen molar-refractivity contribution >= 4 is 22.2 Å². The van der Waals surface area contributed by atoms with Gasteiger partial charge < -0.3 is 19.8 Å². The van der Waals surface area contributed by atoms with Crippen LogP contribution < -0.4 is 10.7 Å². The Hall–Kier alpha value is -4.15. The Kier molecular flexibility index (Phi) is 14.3. The molecule has 2 N–H and O–H groups in total. The molecule has 3 aliphatic heterocycles. The molecule has 1 aliphatic carbocycles. The molecule has 4 aromatic rings. The summed E-state index contributed by atoms with van der Waals surface area (Å²) in [6.07, 6.45) is 15.3. The highest BCUT2D eigenvalue weighted by molar-refractivity contribution is 7.10. The molecular formula is C53H71F3N8S. The van der Waals surface area contributed by atoms with Gasteiger partial charge in [0.1, 0.15) is 6.54 Å². The van der Waals surface area contributed by atoms with Gasteiger partial charge in [-0.15, -0.1) is 23.7 Å². The van der Waals surface area contributed by atoms with Crippen molar-refractivity contribution in [1.82, 2.24) is 40.1 Å². The number of rotatable bonds is 17. The Labute approximate surface area is 390 Å². The van der Waals surface area contributed by atoms with Gasteiger partial charge in [0.25, 0.3) is 0 Å². The molecule has 65 heavy (non-hydrogen) atoms. The quantitative estimate of drug-likeness (QED) is 0.102. The minimum Gasteiger partial charge on any atom is -0.379 e. The second-order valence-corrected chi connectivity index (χ2v) is 21.9. The Balaban J connectivity index is 1.14. The van der Waals surface area contributed by atoms with Crippen molar-refractivity contribution in [3.05, 3.63) is 82.7 Å². The highest BCUT2D eigenvalue weighted by atomic mass is 32.1. The topological polar surface area (TPSA) is 64.5 Å². The van der Waals surface area contributed by atoms with Crippen LogP contribution in [0.15, 0.2) is 66.5 Å². The number of thiazole rings is 1. The maximum atomic E-state index is 14.6. The monoisotopic (exact) mass is 909 g/mol. The lowest BCUT2D eigenvalue weighted by Crippen LogP contribution is -2.63. The highest BCUT2D eigenvalue weighted by Crippen LogP contribution is 2.45. The van der Waals surface area contributed by atoms with E-state index in [1.165, 1.54) is 56.2 Å². The molecular weight excluding hydrogens is 838 g/mol. The standard InChI is InChI=1S/C53H71F3N8S/c1-9-10-22-51(6,7)30-43-42-28-40(20-21-46(42)63(35-53(54,55)56)50(43)41-19-15-24-57-48(41)36(2)3)45-31-65-47(60-45)29-44(38(5)64-27-14-13-25-58-64)59-37(4)49(39-17-11-12-18-39)62-26-16-23-52(34-62)32-61(8)33-52/h1,15,19-21,24,28,31,36,39,44,49,58-59H,4-5,10-14,16-18,22-23,25-27,29-30,32-35H2,2-3,6-8H3. The van der Waals surface area contributed by atoms with Gasteiger partial charge in [-0.1, -0.05) is 59.8 Å². The third-order valence-corrected chi connectivity index (χ3v) is 15.6. The number of likely N-dealkylation sites (tertiary alicyclic amines) is 2. The van der Waals surface area contributed by atoms with E-state index in [1.807, 2.05) is 38.1 Å². The summed E-state index contributed by atoms with van der Waals surface area (Å²) in [5, 5.41) is 10.1. The van der Waals surface area contributed by atoms with E-state index in [0.717, 1.165) is 95.3 Å². The number of halogens is 3. The van der Waals surface area contributed by atoms with Crippen LogP contribution in [-0.4, -0.2) is 93.9 Å². The molecule has 6 heterocycles. The van der Waals surface area contributed by atoms with Gasteiger partial charge in [-0.2, -0.15) is 13.2 Å². The summed E-state index contributed by atoms with van der Waals surface area (Å²) < 4.78 is 45.4. The van der Waals surface area contributed by atoms with Gasteiger partial charge in [0, 0.05) is 96.0 Å². The van der Waals surface area contributed by atoms with E-state index in [-0.39, 0.29) is 23.4 Å². The maximum absolute atomic E-state index is 14.6. The molecule has 350 valence electrons. The van der Waals surface area contributed by atoms with Gasteiger partial charge in [0.05, 0.1) is 34.2 Å². The van der Waals surface area contributed by atoms with Crippen molar-refractivity contribution in [2.45, 2.75) is 135 Å². The molecule has 1 spiro atoms. The predicted molar refractivity (Wildman–Crippen MR) is 261 cm³/mol. The van der Waals surface area contributed by atoms with Gasteiger partial charge in [-0.25, -0.2) is 10.4 Å². The Bertz CT molecular complexity index is 2350. The lowest BCUT2D eigenvalue weighted by Gasteiger charge is -2.55. The molecule has 12 heteroatoms. The summed E-state index contributed by atoms with van der Waals surface area (Å²) in [6.45, 7) is 23.2. The number of aromatic nitrogens is 3. The molecule has 0 radical (unpaired) electrons. The zero-order chi connectivity index (χ0) is 46.1. The Morgan fingerprint density at radius 1 is 1.06 bits per heavy atom. The minimum absolute atomic E-state index is 0.00666. The number of hydrazine groups is 1. The first kappa shape index (κ1) is 47.3. The fraction of sp³-hybridized carbons (Fsp3) is 0.585. The summed E-state index contributed by atoms with van der Waals surface area (Å²) in [6, 6.07) is 9.75. The van der Waals surface area contributed by atoms with Crippen LogP contribution in [0, 0.1) is 29.1 Å². The second-order valence-electron chi connectivity index (χ2n) is 20.9. The van der Waals surface area contributed by atoms with E-state index in [0.29, 0.717) is 41.8 Å². The van der Waals surface area contributed by atoms with Crippen molar-refractivity contribution in [3.63, 3.8) is 0 Å². The zero-order valence-corrected chi connectivity index (χ0v) is 40.3. The van der Waals surface area contributed by atoms with Gasteiger partial charge in [0.2, 0.25) is 0 Å². The number of hydrogen-bond donors (Lipinski definition) is 2. The van der Waals surface area contributed by atoms with Crippen molar-refractivity contribution in [1.29, 1.82) is 0 Å². The van der Waals surface area contributed by atoms with E-state index in [2.05, 4.69) is 63.8 Å². The molecule has 2 atom stereocenters. The minimum atomic E-state index is -4.44. The second kappa shape index (κ2) is 19.6. The largest absolute Gasteiger partial charge is 0.406 e. The van der Waals surface area contributed by atoms with E-state index in [9.17, 15) is 13.2 Å². The lowest BCUT2D eigenvalue weighted by molar-refractivity contribution is -0.139. The predicted octanol–water partition coefficient (Wildman–Crippen LogP) is 11.2. The third kappa shape index (κ3) is 10.7. The molecule has 0 bridgehead atoms. The maximum Gasteiger partial charge on any atom is 0.406 e.